The maximum atomic E-state index is 14.0. The molecule has 11 heteroatoms. The molecule has 3 aromatic carbocycles. The molecule has 8 nitrogen and oxygen atoms in total. The van der Waals surface area contributed by atoms with Gasteiger partial charge in [0.15, 0.2) is 10.6 Å². The minimum atomic E-state index is -0.552. The molecule has 0 spiro atoms. The van der Waals surface area contributed by atoms with Gasteiger partial charge in [-0.15, -0.1) is 0 Å². The molecule has 0 fully saturated rings. The number of rotatable bonds is 4. The summed E-state index contributed by atoms with van der Waals surface area (Å²) >= 11 is 8.13. The summed E-state index contributed by atoms with van der Waals surface area (Å²) < 4.78 is 8.75. The second-order valence-corrected chi connectivity index (χ2v) is 12.1. The van der Waals surface area contributed by atoms with Crippen LogP contribution in [0.3, 0.4) is 0 Å². The average molecular weight is 681 g/mol. The topological polar surface area (TPSA) is 104 Å². The molecule has 0 saturated heterocycles. The third-order valence-corrected chi connectivity index (χ3v) is 8.87. The zero-order valence-corrected chi connectivity index (χ0v) is 24.9. The van der Waals surface area contributed by atoms with Crippen molar-refractivity contribution >= 4 is 66.6 Å². The first-order valence-corrected chi connectivity index (χ1v) is 14.7. The number of aryl methyl sites for hydroxylation is 1. The van der Waals surface area contributed by atoms with Crippen LogP contribution in [0.5, 0.6) is 5.75 Å². The highest BCUT2D eigenvalue weighted by molar-refractivity contribution is 9.11. The Morgan fingerprint density at radius 1 is 1.15 bits per heavy atom. The van der Waals surface area contributed by atoms with E-state index in [1.165, 1.54) is 36.0 Å². The molecule has 1 atom stereocenters. The molecule has 1 aliphatic carbocycles. The lowest BCUT2D eigenvalue weighted by Crippen LogP contribution is -2.38. The lowest BCUT2D eigenvalue weighted by Gasteiger charge is -2.30. The van der Waals surface area contributed by atoms with Gasteiger partial charge in [0.1, 0.15) is 0 Å². The number of fused-ring (bicyclic) bond motifs is 3. The number of halogens is 2. The van der Waals surface area contributed by atoms with Crippen LogP contribution in [0.2, 0.25) is 0 Å². The van der Waals surface area contributed by atoms with E-state index in [4.69, 9.17) is 9.73 Å². The van der Waals surface area contributed by atoms with Crippen molar-refractivity contribution in [2.75, 3.05) is 0 Å². The average Bonchev–Trinajstić information content (AvgIpc) is 3.23. The minimum absolute atomic E-state index is 0.0417. The Bertz CT molecular complexity index is 1960. The molecule has 0 unspecified atom stereocenters. The number of nitro groups is 1. The fourth-order valence-corrected chi connectivity index (χ4v) is 7.54. The van der Waals surface area contributed by atoms with Crippen molar-refractivity contribution in [2.24, 2.45) is 4.99 Å². The van der Waals surface area contributed by atoms with E-state index in [9.17, 15) is 19.7 Å². The molecule has 2 heterocycles. The van der Waals surface area contributed by atoms with Gasteiger partial charge >= 0.3 is 5.97 Å². The maximum Gasteiger partial charge on any atom is 0.308 e. The quantitative estimate of drug-likeness (QED) is 0.120. The number of ether oxygens (including phenoxy) is 1. The van der Waals surface area contributed by atoms with Crippen molar-refractivity contribution in [1.29, 1.82) is 0 Å². The van der Waals surface area contributed by atoms with Gasteiger partial charge < -0.3 is 4.74 Å². The smallest absolute Gasteiger partial charge is 0.308 e. The highest BCUT2D eigenvalue weighted by atomic mass is 79.9. The van der Waals surface area contributed by atoms with Crippen LogP contribution in [0.15, 0.2) is 85.0 Å². The zero-order valence-electron chi connectivity index (χ0n) is 20.9. The van der Waals surface area contributed by atoms with Crippen LogP contribution in [0.1, 0.15) is 41.6 Å². The van der Waals surface area contributed by atoms with Gasteiger partial charge in [0.05, 0.1) is 25.7 Å². The number of hydrogen-bond acceptors (Lipinski definition) is 7. The number of non-ortho nitro benzene ring substituents is 1. The summed E-state index contributed by atoms with van der Waals surface area (Å²) in [6.45, 7) is 1.31. The van der Waals surface area contributed by atoms with Gasteiger partial charge in [0, 0.05) is 34.7 Å². The van der Waals surface area contributed by atoms with Gasteiger partial charge in [-0.05, 0) is 63.7 Å². The normalized spacial score (nSPS) is 16.1. The van der Waals surface area contributed by atoms with Crippen LogP contribution in [0.25, 0.3) is 11.8 Å². The predicted molar refractivity (Wildman–Crippen MR) is 159 cm³/mol. The van der Waals surface area contributed by atoms with Gasteiger partial charge in [0.2, 0.25) is 0 Å². The third-order valence-electron chi connectivity index (χ3n) is 6.84. The van der Waals surface area contributed by atoms with E-state index in [2.05, 4.69) is 37.9 Å². The molecule has 2 aliphatic rings. The summed E-state index contributed by atoms with van der Waals surface area (Å²) in [6, 6.07) is 17.5. The second-order valence-electron chi connectivity index (χ2n) is 9.37. The number of carbonyl (C=O) groups is 1. The summed E-state index contributed by atoms with van der Waals surface area (Å²) in [4.78, 5) is 42.5. The SMILES string of the molecule is CC(=O)Oc1c(Br)cc(Br)cc1/C=c1/sc2n(c1=O)[C@@H](c1cccc([N+](=O)[O-])c1)C1=C(N=2)c2ccccc2CC1. The molecule has 0 amide bonds. The number of allylic oxidation sites excluding steroid dienone is 1. The molecule has 0 N–H and O–H groups in total. The second kappa shape index (κ2) is 10.4. The van der Waals surface area contributed by atoms with Gasteiger partial charge in [-0.25, -0.2) is 4.99 Å². The van der Waals surface area contributed by atoms with E-state index < -0.39 is 16.9 Å². The van der Waals surface area contributed by atoms with E-state index in [0.29, 0.717) is 37.1 Å². The molecule has 1 aliphatic heterocycles. The number of nitro benzene ring substituents is 1. The fraction of sp³-hybridized carbons (Fsp3) is 0.138. The van der Waals surface area contributed by atoms with Crippen molar-refractivity contribution < 1.29 is 14.5 Å². The van der Waals surface area contributed by atoms with E-state index in [-0.39, 0.29) is 11.2 Å². The number of hydrogen-bond donors (Lipinski definition) is 0. The number of carbonyl (C=O) groups excluding carboxylic acids is 1. The Labute approximate surface area is 248 Å². The first-order valence-electron chi connectivity index (χ1n) is 12.3. The van der Waals surface area contributed by atoms with E-state index in [1.54, 1.807) is 28.8 Å². The van der Waals surface area contributed by atoms with Crippen LogP contribution in [0.4, 0.5) is 5.69 Å². The number of nitrogens with zero attached hydrogens (tertiary/aromatic N) is 3. The molecule has 0 radical (unpaired) electrons. The molecule has 200 valence electrons. The van der Waals surface area contributed by atoms with Crippen molar-refractivity contribution in [3.63, 3.8) is 0 Å². The molecule has 0 saturated carbocycles. The van der Waals surface area contributed by atoms with Gasteiger partial charge in [-0.1, -0.05) is 63.7 Å². The van der Waals surface area contributed by atoms with Crippen molar-refractivity contribution in [3.8, 4) is 5.75 Å². The van der Waals surface area contributed by atoms with Crippen LogP contribution in [0, 0.1) is 10.1 Å². The summed E-state index contributed by atoms with van der Waals surface area (Å²) in [5, 5.41) is 11.6. The van der Waals surface area contributed by atoms with E-state index >= 15 is 0 Å². The number of aromatic nitrogens is 1. The standard InChI is InChI=1S/C29H19Br2N3O5S/c1-15(35)39-27-18(11-19(30)14-23(27)31)13-24-28(36)33-26(17-6-4-7-20(12-17)34(37)38)22-10-9-16-5-2-3-8-21(16)25(22)32-29(33)40-24/h2-8,11-14,26H,9-10H2,1H3/b24-13+/t26-/m0/s1. The Balaban J connectivity index is 1.63. The van der Waals surface area contributed by atoms with E-state index in [0.717, 1.165) is 27.7 Å². The Morgan fingerprint density at radius 3 is 2.73 bits per heavy atom. The van der Waals surface area contributed by atoms with Crippen LogP contribution < -0.4 is 19.6 Å². The summed E-state index contributed by atoms with van der Waals surface area (Å²) in [6.07, 6.45) is 3.12. The largest absolute Gasteiger partial charge is 0.425 e. The zero-order chi connectivity index (χ0) is 28.1. The minimum Gasteiger partial charge on any atom is -0.425 e. The fourth-order valence-electron chi connectivity index (χ4n) is 5.21. The number of esters is 1. The number of benzene rings is 3. The Kier molecular flexibility index (Phi) is 6.89. The Hall–Kier alpha value is -3.67. The van der Waals surface area contributed by atoms with Crippen LogP contribution in [-0.4, -0.2) is 15.5 Å². The van der Waals surface area contributed by atoms with Crippen molar-refractivity contribution in [1.82, 2.24) is 4.57 Å². The number of thiazole rings is 1. The van der Waals surface area contributed by atoms with Crippen molar-refractivity contribution in [3.05, 3.63) is 127 Å². The maximum absolute atomic E-state index is 14.0. The summed E-state index contributed by atoms with van der Waals surface area (Å²) in [5.74, 6) is -0.193. The Morgan fingerprint density at radius 2 is 1.95 bits per heavy atom. The first kappa shape index (κ1) is 26.5. The first-order chi connectivity index (χ1) is 19.2. The highest BCUT2D eigenvalue weighted by Crippen LogP contribution is 2.41. The molecule has 0 bridgehead atoms. The van der Waals surface area contributed by atoms with Crippen molar-refractivity contribution in [2.45, 2.75) is 25.8 Å². The molecule has 1 aromatic heterocycles. The van der Waals surface area contributed by atoms with Crippen LogP contribution >= 0.6 is 43.2 Å². The molecule has 6 rings (SSSR count). The van der Waals surface area contributed by atoms with Gasteiger partial charge in [-0.2, -0.15) is 0 Å². The highest BCUT2D eigenvalue weighted by Gasteiger charge is 2.33. The third kappa shape index (κ3) is 4.67. The lowest BCUT2D eigenvalue weighted by molar-refractivity contribution is -0.384. The summed E-state index contributed by atoms with van der Waals surface area (Å²) in [5.41, 5.74) is 4.78. The summed E-state index contributed by atoms with van der Waals surface area (Å²) in [7, 11) is 0. The predicted octanol–water partition coefficient (Wildman–Crippen LogP) is 5.68. The molecule has 40 heavy (non-hydrogen) atoms. The molecule has 4 aromatic rings. The lowest BCUT2D eigenvalue weighted by atomic mass is 9.83. The molecular formula is C29H19Br2N3O5S. The van der Waals surface area contributed by atoms with Gasteiger partial charge in [0.25, 0.3) is 11.2 Å². The monoisotopic (exact) mass is 679 g/mol. The van der Waals surface area contributed by atoms with Crippen LogP contribution in [-0.2, 0) is 11.2 Å². The van der Waals surface area contributed by atoms with E-state index in [1.807, 2.05) is 24.3 Å². The van der Waals surface area contributed by atoms with Gasteiger partial charge in [-0.3, -0.25) is 24.3 Å². The molecular weight excluding hydrogens is 662 g/mol.